The lowest BCUT2D eigenvalue weighted by Crippen LogP contribution is -2.56. The average Bonchev–Trinajstić information content (AvgIpc) is 2.86. The summed E-state index contributed by atoms with van der Waals surface area (Å²) < 4.78 is 5.47. The van der Waals surface area contributed by atoms with Gasteiger partial charge in [0, 0.05) is 17.4 Å². The van der Waals surface area contributed by atoms with Gasteiger partial charge in [0.15, 0.2) is 12.4 Å². The molecule has 0 aliphatic heterocycles. The number of carbonyl (C=O) groups excluding carboxylic acids is 3. The molecule has 4 saturated carbocycles. The number of aryl methyl sites for hydroxylation is 1. The summed E-state index contributed by atoms with van der Waals surface area (Å²) >= 11 is 0. The molecule has 1 atom stereocenters. The van der Waals surface area contributed by atoms with Crippen LogP contribution >= 0.6 is 0 Å². The second kappa shape index (κ2) is 9.96. The van der Waals surface area contributed by atoms with E-state index in [2.05, 4.69) is 12.2 Å². The molecule has 4 bridgehead atoms. The normalized spacial score (nSPS) is 27.3. The molecular weight excluding hydrogens is 438 g/mol. The van der Waals surface area contributed by atoms with Crippen LogP contribution in [0.5, 0.6) is 0 Å². The molecule has 0 spiro atoms. The van der Waals surface area contributed by atoms with Crippen molar-refractivity contribution in [2.24, 2.45) is 23.2 Å². The van der Waals surface area contributed by atoms with Crippen LogP contribution in [0.4, 0.5) is 0 Å². The van der Waals surface area contributed by atoms with Crippen LogP contribution in [0.2, 0.25) is 0 Å². The number of amides is 1. The first kappa shape index (κ1) is 23.8. The largest absolute Gasteiger partial charge is 0.456 e. The Morgan fingerprint density at radius 3 is 2.06 bits per heavy atom. The van der Waals surface area contributed by atoms with Gasteiger partial charge in [0.05, 0.1) is 0 Å². The highest BCUT2D eigenvalue weighted by Crippen LogP contribution is 2.60. The Morgan fingerprint density at radius 1 is 0.886 bits per heavy atom. The van der Waals surface area contributed by atoms with E-state index in [4.69, 9.17) is 4.74 Å². The van der Waals surface area contributed by atoms with Crippen LogP contribution in [-0.2, 0) is 27.2 Å². The van der Waals surface area contributed by atoms with Crippen LogP contribution in [0.3, 0.4) is 0 Å². The van der Waals surface area contributed by atoms with Gasteiger partial charge in [-0.2, -0.15) is 0 Å². The lowest BCUT2D eigenvalue weighted by molar-refractivity contribution is -0.153. The molecule has 4 fully saturated rings. The number of carbonyl (C=O) groups is 3. The first-order valence-corrected chi connectivity index (χ1v) is 13.1. The van der Waals surface area contributed by atoms with E-state index in [0.717, 1.165) is 36.8 Å². The minimum Gasteiger partial charge on any atom is -0.456 e. The highest BCUT2D eigenvalue weighted by Gasteiger charge is 2.55. The standard InChI is InChI=1S/C30H35NO4/c1-2-20-8-10-25(11-9-20)27(32)19-35-28(33)26(15-21-6-4-3-5-7-21)31-29(34)30-16-22-12-23(17-30)14-24(13-22)18-30/h3-11,22-24,26H,2,12-19H2,1H3,(H,31,34). The maximum Gasteiger partial charge on any atom is 0.329 e. The van der Waals surface area contributed by atoms with Crippen molar-refractivity contribution in [3.63, 3.8) is 0 Å². The zero-order valence-corrected chi connectivity index (χ0v) is 20.5. The fourth-order valence-corrected chi connectivity index (χ4v) is 6.99. The smallest absolute Gasteiger partial charge is 0.329 e. The van der Waals surface area contributed by atoms with Gasteiger partial charge in [-0.15, -0.1) is 0 Å². The van der Waals surface area contributed by atoms with E-state index in [-0.39, 0.29) is 23.7 Å². The Bertz CT molecular complexity index is 1040. The molecule has 4 aliphatic rings. The van der Waals surface area contributed by atoms with Gasteiger partial charge in [0.25, 0.3) is 0 Å². The molecule has 1 unspecified atom stereocenters. The van der Waals surface area contributed by atoms with Crippen molar-refractivity contribution in [2.45, 2.75) is 64.3 Å². The van der Waals surface area contributed by atoms with Crippen molar-refractivity contribution in [3.8, 4) is 0 Å². The second-order valence-electron chi connectivity index (χ2n) is 11.0. The summed E-state index contributed by atoms with van der Waals surface area (Å²) in [6.07, 6.45) is 7.81. The van der Waals surface area contributed by atoms with Crippen LogP contribution in [0.1, 0.15) is 66.9 Å². The van der Waals surface area contributed by atoms with Crippen LogP contribution in [0.25, 0.3) is 0 Å². The summed E-state index contributed by atoms with van der Waals surface area (Å²) in [5.41, 5.74) is 2.27. The highest BCUT2D eigenvalue weighted by molar-refractivity contribution is 5.98. The predicted octanol–water partition coefficient (Wildman–Crippen LogP) is 4.92. The number of rotatable bonds is 9. The molecule has 2 aromatic carbocycles. The van der Waals surface area contributed by atoms with Crippen molar-refractivity contribution in [1.29, 1.82) is 0 Å². The fraction of sp³-hybridized carbons (Fsp3) is 0.500. The first-order valence-electron chi connectivity index (χ1n) is 13.1. The summed E-state index contributed by atoms with van der Waals surface area (Å²) in [5, 5.41) is 3.08. The molecule has 1 N–H and O–H groups in total. The van der Waals surface area contributed by atoms with E-state index in [1.807, 2.05) is 42.5 Å². The van der Waals surface area contributed by atoms with Gasteiger partial charge in [-0.05, 0) is 73.8 Å². The number of ether oxygens (including phenoxy) is 1. The number of Topliss-reactive ketones (excluding diaryl/α,β-unsaturated/α-hetero) is 1. The molecule has 1 amide bonds. The van der Waals surface area contributed by atoms with E-state index in [0.29, 0.717) is 29.7 Å². The number of esters is 1. The quantitative estimate of drug-likeness (QED) is 0.415. The molecule has 0 radical (unpaired) electrons. The van der Waals surface area contributed by atoms with Crippen LogP contribution in [0, 0.1) is 23.2 Å². The Kier molecular flexibility index (Phi) is 6.77. The molecule has 0 heterocycles. The van der Waals surface area contributed by atoms with Gasteiger partial charge in [0.2, 0.25) is 5.91 Å². The highest BCUT2D eigenvalue weighted by atomic mass is 16.5. The van der Waals surface area contributed by atoms with Gasteiger partial charge in [-0.1, -0.05) is 61.5 Å². The number of nitrogens with one attached hydrogen (secondary N) is 1. The van der Waals surface area contributed by atoms with Crippen LogP contribution in [0.15, 0.2) is 54.6 Å². The maximum absolute atomic E-state index is 13.6. The molecule has 35 heavy (non-hydrogen) atoms. The van der Waals surface area contributed by atoms with Gasteiger partial charge in [0.1, 0.15) is 6.04 Å². The lowest BCUT2D eigenvalue weighted by Gasteiger charge is -2.55. The van der Waals surface area contributed by atoms with E-state index >= 15 is 0 Å². The average molecular weight is 474 g/mol. The Balaban J connectivity index is 1.27. The van der Waals surface area contributed by atoms with Crippen LogP contribution in [-0.4, -0.2) is 30.3 Å². The maximum atomic E-state index is 13.6. The molecule has 184 valence electrons. The van der Waals surface area contributed by atoms with Crippen LogP contribution < -0.4 is 5.32 Å². The summed E-state index contributed by atoms with van der Waals surface area (Å²) in [6.45, 7) is 1.73. The van der Waals surface area contributed by atoms with Crippen molar-refractivity contribution in [3.05, 3.63) is 71.3 Å². The molecule has 0 saturated heterocycles. The Morgan fingerprint density at radius 2 is 1.49 bits per heavy atom. The molecule has 5 heteroatoms. The zero-order valence-electron chi connectivity index (χ0n) is 20.5. The number of hydrogen-bond acceptors (Lipinski definition) is 4. The molecule has 2 aromatic rings. The van der Waals surface area contributed by atoms with Crippen molar-refractivity contribution < 1.29 is 19.1 Å². The zero-order chi connectivity index (χ0) is 24.4. The van der Waals surface area contributed by atoms with Gasteiger partial charge in [-0.3, -0.25) is 9.59 Å². The van der Waals surface area contributed by atoms with Gasteiger partial charge < -0.3 is 10.1 Å². The SMILES string of the molecule is CCc1ccc(C(=O)COC(=O)C(Cc2ccccc2)NC(=O)C23CC4CC(CC(C4)C2)C3)cc1. The minimum absolute atomic E-state index is 0.00374. The van der Waals surface area contributed by atoms with Crippen molar-refractivity contribution in [2.75, 3.05) is 6.61 Å². The third-order valence-electron chi connectivity index (χ3n) is 8.42. The van der Waals surface area contributed by atoms with E-state index < -0.39 is 12.0 Å². The van der Waals surface area contributed by atoms with Crippen molar-refractivity contribution in [1.82, 2.24) is 5.32 Å². The minimum atomic E-state index is -0.812. The van der Waals surface area contributed by atoms with Gasteiger partial charge >= 0.3 is 5.97 Å². The van der Waals surface area contributed by atoms with Crippen molar-refractivity contribution >= 4 is 17.7 Å². The Hall–Kier alpha value is -2.95. The monoisotopic (exact) mass is 473 g/mol. The summed E-state index contributed by atoms with van der Waals surface area (Å²) in [4.78, 5) is 39.4. The lowest BCUT2D eigenvalue weighted by atomic mass is 9.49. The molecule has 5 nitrogen and oxygen atoms in total. The topological polar surface area (TPSA) is 72.5 Å². The van der Waals surface area contributed by atoms with E-state index in [1.54, 1.807) is 12.1 Å². The predicted molar refractivity (Wildman–Crippen MR) is 134 cm³/mol. The summed E-state index contributed by atoms with van der Waals surface area (Å²) in [7, 11) is 0. The third-order valence-corrected chi connectivity index (χ3v) is 8.42. The number of ketones is 1. The molecule has 0 aromatic heterocycles. The third kappa shape index (κ3) is 5.19. The van der Waals surface area contributed by atoms with E-state index in [1.165, 1.54) is 19.3 Å². The molecule has 6 rings (SSSR count). The van der Waals surface area contributed by atoms with E-state index in [9.17, 15) is 14.4 Å². The second-order valence-corrected chi connectivity index (χ2v) is 11.0. The van der Waals surface area contributed by atoms with Gasteiger partial charge in [-0.25, -0.2) is 4.79 Å². The number of benzene rings is 2. The summed E-state index contributed by atoms with van der Waals surface area (Å²) in [6, 6.07) is 16.2. The fourth-order valence-electron chi connectivity index (χ4n) is 6.99. The summed E-state index contributed by atoms with van der Waals surface area (Å²) in [5.74, 6) is 1.13. The number of hydrogen-bond donors (Lipinski definition) is 1. The molecular formula is C30H35NO4. The Labute approximate surface area is 207 Å². The first-order chi connectivity index (χ1) is 16.9. The molecule has 4 aliphatic carbocycles.